The van der Waals surface area contributed by atoms with Crippen LogP contribution < -0.4 is 10.6 Å². The van der Waals surface area contributed by atoms with E-state index in [1.807, 2.05) is 0 Å². The Morgan fingerprint density at radius 2 is 1.20 bits per heavy atom. The van der Waals surface area contributed by atoms with Crippen LogP contribution in [0.4, 0.5) is 4.79 Å². The maximum absolute atomic E-state index is 11.0. The summed E-state index contributed by atoms with van der Waals surface area (Å²) in [5, 5.41) is 13.5. The Hall–Kier alpha value is -0.770. The van der Waals surface area contributed by atoms with Gasteiger partial charge in [-0.15, -0.1) is 0 Å². The topological polar surface area (TPSA) is 61.4 Å². The Kier molecular flexibility index (Phi) is 15.7. The third kappa shape index (κ3) is 15.3. The van der Waals surface area contributed by atoms with Gasteiger partial charge in [0.2, 0.25) is 0 Å². The Morgan fingerprint density at radius 1 is 0.750 bits per heavy atom. The number of rotatable bonds is 14. The van der Waals surface area contributed by atoms with Gasteiger partial charge in [-0.2, -0.15) is 0 Å². The quantitative estimate of drug-likeness (QED) is 0.334. The van der Waals surface area contributed by atoms with Gasteiger partial charge >= 0.3 is 6.03 Å². The smallest absolute Gasteiger partial charge is 0.316 e. The van der Waals surface area contributed by atoms with Crippen LogP contribution in [0.25, 0.3) is 0 Å². The van der Waals surface area contributed by atoms with Crippen LogP contribution in [0, 0.1) is 0 Å². The highest BCUT2D eigenvalue weighted by molar-refractivity contribution is 5.73. The number of unbranched alkanes of at least 4 members (excludes halogenated alkanes) is 11. The number of nitrogens with one attached hydrogen (secondary N) is 2. The molecular formula is C16H34N2O2. The van der Waals surface area contributed by atoms with E-state index in [9.17, 15) is 4.79 Å². The summed E-state index contributed by atoms with van der Waals surface area (Å²) in [6.45, 7) is 2.65. The second-order valence-electron chi connectivity index (χ2n) is 5.48. The number of amides is 2. The molecule has 3 N–H and O–H groups in total. The maximum atomic E-state index is 11.0. The number of aliphatic hydroxyl groups is 1. The molecule has 0 radical (unpaired) electrons. The largest absolute Gasteiger partial charge is 0.376 e. The molecule has 0 aromatic carbocycles. The lowest BCUT2D eigenvalue weighted by molar-refractivity contribution is 0.217. The van der Waals surface area contributed by atoms with Gasteiger partial charge in [-0.05, 0) is 6.42 Å². The average Bonchev–Trinajstić information content (AvgIpc) is 2.44. The van der Waals surface area contributed by atoms with Crippen molar-refractivity contribution in [1.29, 1.82) is 0 Å². The van der Waals surface area contributed by atoms with Crippen LogP contribution in [-0.4, -0.2) is 24.4 Å². The lowest BCUT2D eigenvalue weighted by Crippen LogP contribution is -2.36. The minimum Gasteiger partial charge on any atom is -0.376 e. The van der Waals surface area contributed by atoms with Crippen molar-refractivity contribution in [2.75, 3.05) is 13.3 Å². The van der Waals surface area contributed by atoms with Gasteiger partial charge in [0.1, 0.15) is 6.73 Å². The summed E-state index contributed by atoms with van der Waals surface area (Å²) in [5.41, 5.74) is 0. The van der Waals surface area contributed by atoms with Crippen molar-refractivity contribution in [3.8, 4) is 0 Å². The lowest BCUT2D eigenvalue weighted by Gasteiger charge is -2.05. The van der Waals surface area contributed by atoms with Crippen LogP contribution in [0.15, 0.2) is 0 Å². The second kappa shape index (κ2) is 16.3. The maximum Gasteiger partial charge on any atom is 0.316 e. The summed E-state index contributed by atoms with van der Waals surface area (Å²) < 4.78 is 0. The van der Waals surface area contributed by atoms with E-state index in [1.165, 1.54) is 70.6 Å². The van der Waals surface area contributed by atoms with Gasteiger partial charge in [-0.3, -0.25) is 0 Å². The summed E-state index contributed by atoms with van der Waals surface area (Å²) in [5.74, 6) is 0. The number of urea groups is 1. The van der Waals surface area contributed by atoms with Crippen LogP contribution in [0.3, 0.4) is 0 Å². The van der Waals surface area contributed by atoms with Crippen LogP contribution >= 0.6 is 0 Å². The second-order valence-corrected chi connectivity index (χ2v) is 5.48. The molecule has 0 aliphatic carbocycles. The third-order valence-corrected chi connectivity index (χ3v) is 3.56. The third-order valence-electron chi connectivity index (χ3n) is 3.56. The van der Waals surface area contributed by atoms with Crippen LogP contribution in [0.5, 0.6) is 0 Å². The molecule has 0 saturated carbocycles. The Labute approximate surface area is 124 Å². The zero-order valence-electron chi connectivity index (χ0n) is 13.3. The fourth-order valence-electron chi connectivity index (χ4n) is 2.30. The van der Waals surface area contributed by atoms with Crippen molar-refractivity contribution in [2.45, 2.75) is 84.0 Å². The van der Waals surface area contributed by atoms with E-state index in [2.05, 4.69) is 17.6 Å². The minimum atomic E-state index is -0.301. The molecule has 4 heteroatoms. The average molecular weight is 286 g/mol. The van der Waals surface area contributed by atoms with E-state index >= 15 is 0 Å². The van der Waals surface area contributed by atoms with E-state index in [0.29, 0.717) is 6.54 Å². The number of hydrogen-bond acceptors (Lipinski definition) is 2. The molecule has 4 nitrogen and oxygen atoms in total. The molecule has 0 saturated heterocycles. The molecule has 0 aromatic heterocycles. The molecular weight excluding hydrogens is 252 g/mol. The molecule has 0 aliphatic rings. The first-order chi connectivity index (χ1) is 9.81. The summed E-state index contributed by atoms with van der Waals surface area (Å²) in [6.07, 6.45) is 15.9. The molecule has 20 heavy (non-hydrogen) atoms. The van der Waals surface area contributed by atoms with E-state index in [1.54, 1.807) is 0 Å². The van der Waals surface area contributed by atoms with Crippen molar-refractivity contribution < 1.29 is 9.90 Å². The normalized spacial score (nSPS) is 10.5. The van der Waals surface area contributed by atoms with Crippen molar-refractivity contribution >= 4 is 6.03 Å². The van der Waals surface area contributed by atoms with Crippen LogP contribution in [0.1, 0.15) is 84.0 Å². The molecule has 0 aliphatic heterocycles. The van der Waals surface area contributed by atoms with Gasteiger partial charge in [0.15, 0.2) is 0 Å². The molecule has 0 rings (SSSR count). The van der Waals surface area contributed by atoms with Crippen molar-refractivity contribution in [1.82, 2.24) is 10.6 Å². The number of carbonyl (C=O) groups is 1. The fourth-order valence-corrected chi connectivity index (χ4v) is 2.30. The first-order valence-corrected chi connectivity index (χ1v) is 8.43. The first kappa shape index (κ1) is 19.2. The van der Waals surface area contributed by atoms with Crippen LogP contribution in [-0.2, 0) is 0 Å². The van der Waals surface area contributed by atoms with Gasteiger partial charge in [-0.1, -0.05) is 77.6 Å². The van der Waals surface area contributed by atoms with Crippen molar-refractivity contribution in [2.24, 2.45) is 0 Å². The lowest BCUT2D eigenvalue weighted by atomic mass is 10.1. The van der Waals surface area contributed by atoms with E-state index in [-0.39, 0.29) is 12.8 Å². The highest BCUT2D eigenvalue weighted by Gasteiger charge is 1.97. The van der Waals surface area contributed by atoms with Crippen molar-refractivity contribution in [3.63, 3.8) is 0 Å². The SMILES string of the molecule is CCCCCCCCCCCCCCNC(=O)NCO. The van der Waals surface area contributed by atoms with E-state index < -0.39 is 0 Å². The summed E-state index contributed by atoms with van der Waals surface area (Å²) in [7, 11) is 0. The number of carbonyl (C=O) groups excluding carboxylic acids is 1. The molecule has 0 aromatic rings. The number of hydrogen-bond donors (Lipinski definition) is 3. The van der Waals surface area contributed by atoms with Gasteiger partial charge in [0.25, 0.3) is 0 Å². The fraction of sp³-hybridized carbons (Fsp3) is 0.938. The van der Waals surface area contributed by atoms with Crippen LogP contribution in [0.2, 0.25) is 0 Å². The highest BCUT2D eigenvalue weighted by atomic mass is 16.3. The predicted octanol–water partition coefficient (Wildman–Crippen LogP) is 3.94. The Bertz CT molecular complexity index is 211. The van der Waals surface area contributed by atoms with Gasteiger partial charge in [0.05, 0.1) is 0 Å². The first-order valence-electron chi connectivity index (χ1n) is 8.43. The highest BCUT2D eigenvalue weighted by Crippen LogP contribution is 2.11. The molecule has 0 heterocycles. The molecule has 120 valence electrons. The molecule has 0 unspecified atom stereocenters. The molecule has 0 spiro atoms. The zero-order valence-corrected chi connectivity index (χ0v) is 13.3. The molecule has 2 amide bonds. The summed E-state index contributed by atoms with van der Waals surface area (Å²) >= 11 is 0. The summed E-state index contributed by atoms with van der Waals surface area (Å²) in [6, 6.07) is -0.282. The number of aliphatic hydroxyl groups excluding tert-OH is 1. The van der Waals surface area contributed by atoms with Gasteiger partial charge in [0, 0.05) is 6.54 Å². The summed E-state index contributed by atoms with van der Waals surface area (Å²) in [4.78, 5) is 11.0. The van der Waals surface area contributed by atoms with E-state index in [4.69, 9.17) is 5.11 Å². The standard InChI is InChI=1S/C16H34N2O2/c1-2-3-4-5-6-7-8-9-10-11-12-13-14-17-16(20)18-15-19/h19H,2-15H2,1H3,(H2,17,18,20). The molecule has 0 fully saturated rings. The van der Waals surface area contributed by atoms with Crippen molar-refractivity contribution in [3.05, 3.63) is 0 Å². The predicted molar refractivity (Wildman–Crippen MR) is 84.7 cm³/mol. The van der Waals surface area contributed by atoms with E-state index in [0.717, 1.165) is 6.42 Å². The Balaban J connectivity index is 3.01. The van der Waals surface area contributed by atoms with Gasteiger partial charge in [-0.25, -0.2) is 4.79 Å². The monoisotopic (exact) mass is 286 g/mol. The Morgan fingerprint density at radius 3 is 1.65 bits per heavy atom. The molecule has 0 atom stereocenters. The zero-order chi connectivity index (χ0) is 14.9. The van der Waals surface area contributed by atoms with Gasteiger partial charge < -0.3 is 15.7 Å². The molecule has 0 bridgehead atoms. The minimum absolute atomic E-state index is 0.282.